The van der Waals surface area contributed by atoms with Crippen LogP contribution in [0.4, 0.5) is 5.69 Å². The summed E-state index contributed by atoms with van der Waals surface area (Å²) in [5, 5.41) is 5.25. The van der Waals surface area contributed by atoms with Crippen molar-refractivity contribution in [2.45, 2.75) is 6.42 Å². The zero-order chi connectivity index (χ0) is 22.3. The first-order valence-electron chi connectivity index (χ1n) is 10.1. The Hall–Kier alpha value is -4.30. The second-order valence-electron chi connectivity index (χ2n) is 7.16. The van der Waals surface area contributed by atoms with Crippen LogP contribution in [0.25, 0.3) is 22.0 Å². The minimum atomic E-state index is -0.115. The quantitative estimate of drug-likeness (QED) is 0.421. The fraction of sp³-hybridized carbons (Fsp3) is 0.111. The van der Waals surface area contributed by atoms with Crippen molar-refractivity contribution in [1.82, 2.24) is 4.98 Å². The van der Waals surface area contributed by atoms with E-state index in [9.17, 15) is 4.79 Å². The minimum absolute atomic E-state index is 0.115. The highest BCUT2D eigenvalue weighted by molar-refractivity contribution is 5.96. The Labute approximate surface area is 187 Å². The van der Waals surface area contributed by atoms with Crippen molar-refractivity contribution in [1.29, 1.82) is 0 Å². The molecule has 5 nitrogen and oxygen atoms in total. The predicted molar refractivity (Wildman–Crippen MR) is 127 cm³/mol. The molecule has 3 aromatic carbocycles. The van der Waals surface area contributed by atoms with Gasteiger partial charge in [0.2, 0.25) is 5.91 Å². The molecule has 4 rings (SSSR count). The maximum atomic E-state index is 12.8. The minimum Gasteiger partial charge on any atom is -0.493 e. The molecule has 0 aliphatic heterocycles. The molecular formula is C27H22N2O3. The number of terminal acetylenes is 1. The Morgan fingerprint density at radius 3 is 2.66 bits per heavy atom. The van der Waals surface area contributed by atoms with E-state index in [0.29, 0.717) is 22.9 Å². The molecule has 0 aliphatic carbocycles. The van der Waals surface area contributed by atoms with Crippen molar-refractivity contribution < 1.29 is 14.3 Å². The molecule has 0 fully saturated rings. The molecule has 32 heavy (non-hydrogen) atoms. The molecule has 1 amide bonds. The number of aromatic nitrogens is 1. The first-order valence-corrected chi connectivity index (χ1v) is 10.1. The van der Waals surface area contributed by atoms with Crippen LogP contribution in [0.15, 0.2) is 79.0 Å². The van der Waals surface area contributed by atoms with Crippen molar-refractivity contribution >= 4 is 22.4 Å². The second-order valence-corrected chi connectivity index (χ2v) is 7.16. The van der Waals surface area contributed by atoms with E-state index in [2.05, 4.69) is 22.3 Å². The summed E-state index contributed by atoms with van der Waals surface area (Å²) in [7, 11) is 1.56. The molecule has 1 heterocycles. The predicted octanol–water partition coefficient (Wildman–Crippen LogP) is 5.10. The Balaban J connectivity index is 1.55. The average Bonchev–Trinajstić information content (AvgIpc) is 2.83. The SMILES string of the molecule is C#CCOc1ccc(-c2ncccc2NC(=O)Cc2ccc3ccccc3c2)cc1OC. The van der Waals surface area contributed by atoms with E-state index in [1.807, 2.05) is 54.6 Å². The van der Waals surface area contributed by atoms with E-state index in [1.165, 1.54) is 0 Å². The topological polar surface area (TPSA) is 60.5 Å². The number of hydrogen-bond donors (Lipinski definition) is 1. The Bertz CT molecular complexity index is 1310. The molecule has 0 saturated carbocycles. The van der Waals surface area contributed by atoms with E-state index in [0.717, 1.165) is 21.9 Å². The summed E-state index contributed by atoms with van der Waals surface area (Å²) in [4.78, 5) is 17.3. The number of carbonyl (C=O) groups is 1. The van der Waals surface area contributed by atoms with Crippen molar-refractivity contribution in [3.63, 3.8) is 0 Å². The third-order valence-corrected chi connectivity index (χ3v) is 5.01. The van der Waals surface area contributed by atoms with Gasteiger partial charge in [-0.25, -0.2) is 0 Å². The maximum absolute atomic E-state index is 12.8. The number of hydrogen-bond acceptors (Lipinski definition) is 4. The van der Waals surface area contributed by atoms with E-state index in [1.54, 1.807) is 25.4 Å². The number of amides is 1. The van der Waals surface area contributed by atoms with Crippen LogP contribution < -0.4 is 14.8 Å². The number of rotatable bonds is 7. The van der Waals surface area contributed by atoms with Crippen LogP contribution in [-0.2, 0) is 11.2 Å². The summed E-state index contributed by atoms with van der Waals surface area (Å²) < 4.78 is 10.9. The van der Waals surface area contributed by atoms with Gasteiger partial charge in [0.1, 0.15) is 6.61 Å². The molecular weight excluding hydrogens is 400 g/mol. The Morgan fingerprint density at radius 1 is 1.00 bits per heavy atom. The first-order chi connectivity index (χ1) is 15.7. The lowest BCUT2D eigenvalue weighted by molar-refractivity contribution is -0.115. The summed E-state index contributed by atoms with van der Waals surface area (Å²) in [5.41, 5.74) is 3.00. The summed E-state index contributed by atoms with van der Waals surface area (Å²) in [6, 6.07) is 23.2. The van der Waals surface area contributed by atoms with E-state index >= 15 is 0 Å². The van der Waals surface area contributed by atoms with Gasteiger partial charge in [0.05, 0.1) is 24.9 Å². The van der Waals surface area contributed by atoms with Gasteiger partial charge in [0.25, 0.3) is 0 Å². The molecule has 0 radical (unpaired) electrons. The molecule has 0 atom stereocenters. The highest BCUT2D eigenvalue weighted by Crippen LogP contribution is 2.34. The van der Waals surface area contributed by atoms with Crippen molar-refractivity contribution in [3.05, 3.63) is 84.6 Å². The molecule has 0 saturated heterocycles. The number of pyridine rings is 1. The Kier molecular flexibility index (Phi) is 6.33. The van der Waals surface area contributed by atoms with E-state index < -0.39 is 0 Å². The standard InChI is InChI=1S/C27H22N2O3/c1-3-15-32-24-13-12-22(18-25(24)31-2)27-23(9-6-14-28-27)29-26(30)17-19-10-11-20-7-4-5-8-21(20)16-19/h1,4-14,16,18H,15,17H2,2H3,(H,29,30). The van der Waals surface area contributed by atoms with Gasteiger partial charge in [-0.2, -0.15) is 0 Å². The van der Waals surface area contributed by atoms with Crippen molar-refractivity contribution in [2.24, 2.45) is 0 Å². The number of nitrogens with one attached hydrogen (secondary N) is 1. The van der Waals surface area contributed by atoms with Crippen LogP contribution in [0.1, 0.15) is 5.56 Å². The smallest absolute Gasteiger partial charge is 0.228 e. The number of nitrogens with zero attached hydrogens (tertiary/aromatic N) is 1. The molecule has 0 unspecified atom stereocenters. The highest BCUT2D eigenvalue weighted by Gasteiger charge is 2.13. The largest absolute Gasteiger partial charge is 0.493 e. The normalized spacial score (nSPS) is 10.4. The third kappa shape index (κ3) is 4.71. The number of methoxy groups -OCH3 is 1. The zero-order valence-electron chi connectivity index (χ0n) is 17.7. The van der Waals surface area contributed by atoms with Gasteiger partial charge in [-0.1, -0.05) is 48.4 Å². The highest BCUT2D eigenvalue weighted by atomic mass is 16.5. The molecule has 158 valence electrons. The van der Waals surface area contributed by atoms with Crippen LogP contribution in [0, 0.1) is 12.3 Å². The van der Waals surface area contributed by atoms with Crippen molar-refractivity contribution in [3.8, 4) is 35.1 Å². The van der Waals surface area contributed by atoms with Gasteiger partial charge < -0.3 is 14.8 Å². The lowest BCUT2D eigenvalue weighted by atomic mass is 10.0. The molecule has 0 bridgehead atoms. The zero-order valence-corrected chi connectivity index (χ0v) is 17.7. The van der Waals surface area contributed by atoms with Gasteiger partial charge in [-0.15, -0.1) is 6.42 Å². The molecule has 5 heteroatoms. The third-order valence-electron chi connectivity index (χ3n) is 5.01. The van der Waals surface area contributed by atoms with Crippen LogP contribution in [0.5, 0.6) is 11.5 Å². The lowest BCUT2D eigenvalue weighted by Gasteiger charge is -2.13. The number of fused-ring (bicyclic) bond motifs is 1. The van der Waals surface area contributed by atoms with Crippen molar-refractivity contribution in [2.75, 3.05) is 19.0 Å². The Morgan fingerprint density at radius 2 is 1.84 bits per heavy atom. The van der Waals surface area contributed by atoms with Gasteiger partial charge >= 0.3 is 0 Å². The van der Waals surface area contributed by atoms with E-state index in [4.69, 9.17) is 15.9 Å². The molecule has 0 aliphatic rings. The molecule has 4 aromatic rings. The summed E-state index contributed by atoms with van der Waals surface area (Å²) in [6.45, 7) is 0.148. The maximum Gasteiger partial charge on any atom is 0.228 e. The fourth-order valence-corrected chi connectivity index (χ4v) is 3.52. The summed E-state index contributed by atoms with van der Waals surface area (Å²) >= 11 is 0. The molecule has 1 N–H and O–H groups in total. The van der Waals surface area contributed by atoms with Gasteiger partial charge in [-0.05, 0) is 46.7 Å². The fourth-order valence-electron chi connectivity index (χ4n) is 3.52. The van der Waals surface area contributed by atoms with Crippen LogP contribution in [-0.4, -0.2) is 24.6 Å². The van der Waals surface area contributed by atoms with Gasteiger partial charge in [0, 0.05) is 11.8 Å². The molecule has 1 aromatic heterocycles. The van der Waals surface area contributed by atoms with Crippen LogP contribution >= 0.6 is 0 Å². The van der Waals surface area contributed by atoms with Gasteiger partial charge in [0.15, 0.2) is 11.5 Å². The average molecular weight is 422 g/mol. The molecule has 0 spiro atoms. The monoisotopic (exact) mass is 422 g/mol. The second kappa shape index (κ2) is 9.67. The van der Waals surface area contributed by atoms with Crippen LogP contribution in [0.3, 0.4) is 0 Å². The number of carbonyl (C=O) groups excluding carboxylic acids is 1. The summed E-state index contributed by atoms with van der Waals surface area (Å²) in [6.07, 6.45) is 7.22. The number of ether oxygens (including phenoxy) is 2. The summed E-state index contributed by atoms with van der Waals surface area (Å²) in [5.74, 6) is 3.41. The van der Waals surface area contributed by atoms with Crippen LogP contribution in [0.2, 0.25) is 0 Å². The van der Waals surface area contributed by atoms with Gasteiger partial charge in [-0.3, -0.25) is 9.78 Å². The first kappa shape index (κ1) is 21.0. The number of anilines is 1. The lowest BCUT2D eigenvalue weighted by Crippen LogP contribution is -2.15. The van der Waals surface area contributed by atoms with E-state index in [-0.39, 0.29) is 18.9 Å². The number of benzene rings is 3.